The van der Waals surface area contributed by atoms with Gasteiger partial charge in [0.1, 0.15) is 17.5 Å². The fourth-order valence-electron chi connectivity index (χ4n) is 3.48. The molecule has 0 aliphatic carbocycles. The summed E-state index contributed by atoms with van der Waals surface area (Å²) in [7, 11) is -3.73. The summed E-state index contributed by atoms with van der Waals surface area (Å²) in [4.78, 5) is 12.8. The molecule has 9 heteroatoms. The fraction of sp³-hybridized carbons (Fsp3) is 0.208. The molecular weight excluding hydrogens is 444 g/mol. The second-order valence-electron chi connectivity index (χ2n) is 7.55. The van der Waals surface area contributed by atoms with Crippen LogP contribution in [0.25, 0.3) is 0 Å². The standard InChI is InChI=1S/C24H24N2O6S/c1-17(24(27)25-15-18-8-13-22-23(14-18)31-16-30-22)26(33(2,28)29)19-9-11-21(12-10-19)32-20-6-4-3-5-7-20/h3-14,17H,15-16H2,1-2H3,(H,25,27)/t17-/m1/s1. The van der Waals surface area contributed by atoms with Gasteiger partial charge in [0.2, 0.25) is 22.7 Å². The Labute approximate surface area is 192 Å². The molecule has 0 aromatic heterocycles. The number of fused-ring (bicyclic) bond motifs is 1. The van der Waals surface area contributed by atoms with Crippen molar-refractivity contribution < 1.29 is 27.4 Å². The van der Waals surface area contributed by atoms with Crippen LogP contribution in [0.2, 0.25) is 0 Å². The fourth-order valence-corrected chi connectivity index (χ4v) is 4.66. The molecule has 172 valence electrons. The van der Waals surface area contributed by atoms with Crippen LogP contribution in [0.3, 0.4) is 0 Å². The van der Waals surface area contributed by atoms with Gasteiger partial charge in [0, 0.05) is 6.54 Å². The summed E-state index contributed by atoms with van der Waals surface area (Å²) < 4.78 is 42.6. The predicted molar refractivity (Wildman–Crippen MR) is 124 cm³/mol. The summed E-state index contributed by atoms with van der Waals surface area (Å²) in [6, 6.07) is 20.2. The first kappa shape index (κ1) is 22.5. The maximum absolute atomic E-state index is 12.8. The number of hydrogen-bond donors (Lipinski definition) is 1. The number of rotatable bonds is 8. The third-order valence-corrected chi connectivity index (χ3v) is 6.30. The van der Waals surface area contributed by atoms with E-state index in [1.165, 1.54) is 0 Å². The lowest BCUT2D eigenvalue weighted by atomic mass is 10.2. The van der Waals surface area contributed by atoms with Gasteiger partial charge in [-0.15, -0.1) is 0 Å². The normalized spacial score (nSPS) is 13.3. The Bertz CT molecular complexity index is 1230. The topological polar surface area (TPSA) is 94.2 Å². The molecule has 1 heterocycles. The molecule has 1 amide bonds. The molecule has 0 radical (unpaired) electrons. The molecule has 1 aliphatic rings. The molecule has 33 heavy (non-hydrogen) atoms. The van der Waals surface area contributed by atoms with Crippen LogP contribution in [0.4, 0.5) is 5.69 Å². The summed E-state index contributed by atoms with van der Waals surface area (Å²) in [5, 5.41) is 2.79. The Kier molecular flexibility index (Phi) is 6.41. The van der Waals surface area contributed by atoms with Crippen LogP contribution < -0.4 is 23.8 Å². The Morgan fingerprint density at radius 2 is 1.67 bits per heavy atom. The molecule has 3 aromatic carbocycles. The van der Waals surface area contributed by atoms with E-state index in [-0.39, 0.29) is 13.3 Å². The van der Waals surface area contributed by atoms with Crippen molar-refractivity contribution in [2.24, 2.45) is 0 Å². The Morgan fingerprint density at radius 1 is 1.00 bits per heavy atom. The van der Waals surface area contributed by atoms with Gasteiger partial charge >= 0.3 is 0 Å². The average molecular weight is 469 g/mol. The minimum Gasteiger partial charge on any atom is -0.457 e. The summed E-state index contributed by atoms with van der Waals surface area (Å²) in [5.41, 5.74) is 1.18. The largest absolute Gasteiger partial charge is 0.457 e. The highest BCUT2D eigenvalue weighted by Crippen LogP contribution is 2.32. The van der Waals surface area contributed by atoms with Crippen molar-refractivity contribution in [2.75, 3.05) is 17.4 Å². The van der Waals surface area contributed by atoms with E-state index in [2.05, 4.69) is 5.32 Å². The van der Waals surface area contributed by atoms with E-state index in [0.29, 0.717) is 28.7 Å². The molecule has 1 N–H and O–H groups in total. The molecule has 4 rings (SSSR count). The van der Waals surface area contributed by atoms with Gasteiger partial charge in [-0.25, -0.2) is 8.42 Å². The Morgan fingerprint density at radius 3 is 2.36 bits per heavy atom. The van der Waals surface area contributed by atoms with Gasteiger partial charge in [-0.1, -0.05) is 24.3 Å². The number of para-hydroxylation sites is 1. The van der Waals surface area contributed by atoms with E-state index < -0.39 is 22.0 Å². The Hall–Kier alpha value is -3.72. The second-order valence-corrected chi connectivity index (χ2v) is 9.41. The van der Waals surface area contributed by atoms with Crippen molar-refractivity contribution in [1.29, 1.82) is 0 Å². The number of nitrogens with zero attached hydrogens (tertiary/aromatic N) is 1. The van der Waals surface area contributed by atoms with Crippen molar-refractivity contribution in [3.63, 3.8) is 0 Å². The van der Waals surface area contributed by atoms with Crippen molar-refractivity contribution in [3.05, 3.63) is 78.4 Å². The van der Waals surface area contributed by atoms with Gasteiger partial charge in [-0.05, 0) is 61.0 Å². The van der Waals surface area contributed by atoms with E-state index in [4.69, 9.17) is 14.2 Å². The lowest BCUT2D eigenvalue weighted by molar-refractivity contribution is -0.122. The minimum atomic E-state index is -3.73. The number of ether oxygens (including phenoxy) is 3. The number of sulfonamides is 1. The molecular formula is C24H24N2O6S. The van der Waals surface area contributed by atoms with Gasteiger partial charge in [-0.2, -0.15) is 0 Å². The molecule has 1 atom stereocenters. The Balaban J connectivity index is 1.45. The first-order chi connectivity index (χ1) is 15.8. The number of carbonyl (C=O) groups is 1. The molecule has 0 unspecified atom stereocenters. The van der Waals surface area contributed by atoms with Crippen LogP contribution in [-0.2, 0) is 21.4 Å². The van der Waals surface area contributed by atoms with Crippen LogP contribution in [-0.4, -0.2) is 33.4 Å². The van der Waals surface area contributed by atoms with Crippen molar-refractivity contribution in [2.45, 2.75) is 19.5 Å². The van der Waals surface area contributed by atoms with E-state index in [9.17, 15) is 13.2 Å². The van der Waals surface area contributed by atoms with Crippen LogP contribution in [0.5, 0.6) is 23.0 Å². The van der Waals surface area contributed by atoms with Crippen molar-refractivity contribution in [3.8, 4) is 23.0 Å². The highest BCUT2D eigenvalue weighted by Gasteiger charge is 2.29. The highest BCUT2D eigenvalue weighted by molar-refractivity contribution is 7.92. The van der Waals surface area contributed by atoms with Gasteiger partial charge in [-0.3, -0.25) is 9.10 Å². The zero-order chi connectivity index (χ0) is 23.4. The average Bonchev–Trinajstić information content (AvgIpc) is 3.26. The molecule has 0 bridgehead atoms. The SMILES string of the molecule is C[C@H](C(=O)NCc1ccc2c(c1)OCO2)N(c1ccc(Oc2ccccc2)cc1)S(C)(=O)=O. The number of carbonyl (C=O) groups excluding carboxylic acids is 1. The molecule has 3 aromatic rings. The number of hydrogen-bond acceptors (Lipinski definition) is 6. The maximum atomic E-state index is 12.8. The second kappa shape index (κ2) is 9.41. The third-order valence-electron chi connectivity index (χ3n) is 5.06. The molecule has 8 nitrogen and oxygen atoms in total. The summed E-state index contributed by atoms with van der Waals surface area (Å²) in [6.07, 6.45) is 1.07. The summed E-state index contributed by atoms with van der Waals surface area (Å²) in [5.74, 6) is 2.06. The lowest BCUT2D eigenvalue weighted by Crippen LogP contribution is -2.47. The molecule has 1 aliphatic heterocycles. The van der Waals surface area contributed by atoms with Crippen LogP contribution >= 0.6 is 0 Å². The van der Waals surface area contributed by atoms with Crippen LogP contribution in [0, 0.1) is 0 Å². The zero-order valence-electron chi connectivity index (χ0n) is 18.2. The smallest absolute Gasteiger partial charge is 0.243 e. The number of benzene rings is 3. The quantitative estimate of drug-likeness (QED) is 0.542. The lowest BCUT2D eigenvalue weighted by Gasteiger charge is -2.28. The number of amides is 1. The molecule has 0 saturated carbocycles. The summed E-state index contributed by atoms with van der Waals surface area (Å²) in [6.45, 7) is 1.94. The highest BCUT2D eigenvalue weighted by atomic mass is 32.2. The van der Waals surface area contributed by atoms with Gasteiger partial charge in [0.05, 0.1) is 11.9 Å². The zero-order valence-corrected chi connectivity index (χ0v) is 19.0. The van der Waals surface area contributed by atoms with Gasteiger partial charge in [0.25, 0.3) is 0 Å². The molecule has 0 spiro atoms. The van der Waals surface area contributed by atoms with Crippen LogP contribution in [0.1, 0.15) is 12.5 Å². The first-order valence-electron chi connectivity index (χ1n) is 10.3. The van der Waals surface area contributed by atoms with E-state index in [0.717, 1.165) is 16.1 Å². The third kappa shape index (κ3) is 5.38. The van der Waals surface area contributed by atoms with Crippen LogP contribution in [0.15, 0.2) is 72.8 Å². The van der Waals surface area contributed by atoms with Gasteiger partial charge in [0.15, 0.2) is 11.5 Å². The number of nitrogens with one attached hydrogen (secondary N) is 1. The van der Waals surface area contributed by atoms with Gasteiger partial charge < -0.3 is 19.5 Å². The predicted octanol–water partition coefficient (Wildman–Crippen LogP) is 3.68. The van der Waals surface area contributed by atoms with E-state index in [1.54, 1.807) is 43.3 Å². The van der Waals surface area contributed by atoms with E-state index in [1.807, 2.05) is 36.4 Å². The monoisotopic (exact) mass is 468 g/mol. The minimum absolute atomic E-state index is 0.167. The number of anilines is 1. The van der Waals surface area contributed by atoms with Crippen molar-refractivity contribution in [1.82, 2.24) is 5.32 Å². The summed E-state index contributed by atoms with van der Waals surface area (Å²) >= 11 is 0. The van der Waals surface area contributed by atoms with Crippen molar-refractivity contribution >= 4 is 21.6 Å². The maximum Gasteiger partial charge on any atom is 0.243 e. The molecule has 0 saturated heterocycles. The van der Waals surface area contributed by atoms with E-state index >= 15 is 0 Å². The first-order valence-corrected chi connectivity index (χ1v) is 12.1. The molecule has 0 fully saturated rings.